The number of piperazine rings is 1. The van der Waals surface area contributed by atoms with Crippen molar-refractivity contribution < 1.29 is 9.53 Å². The number of anilines is 2. The SMILES string of the molecule is CC(C)OC(=O)CN1CCN(c2ccc(N)nc2)CC1. The second kappa shape index (κ2) is 6.56. The molecule has 110 valence electrons. The Morgan fingerprint density at radius 2 is 2.05 bits per heavy atom. The fraction of sp³-hybridized carbons (Fsp3) is 0.571. The van der Waals surface area contributed by atoms with E-state index in [1.54, 1.807) is 6.20 Å². The Kier molecular flexibility index (Phi) is 4.79. The van der Waals surface area contributed by atoms with Crippen LogP contribution >= 0.6 is 0 Å². The third kappa shape index (κ3) is 4.09. The first-order valence-electron chi connectivity index (χ1n) is 6.93. The van der Waals surface area contributed by atoms with Gasteiger partial charge in [-0.05, 0) is 26.0 Å². The van der Waals surface area contributed by atoms with Crippen LogP contribution in [0.15, 0.2) is 18.3 Å². The molecule has 1 aliphatic heterocycles. The van der Waals surface area contributed by atoms with Crippen molar-refractivity contribution in [2.45, 2.75) is 20.0 Å². The van der Waals surface area contributed by atoms with Gasteiger partial charge in [0.1, 0.15) is 5.82 Å². The number of nitrogens with zero attached hydrogens (tertiary/aromatic N) is 3. The van der Waals surface area contributed by atoms with Gasteiger partial charge in [0.25, 0.3) is 0 Å². The minimum absolute atomic E-state index is 0.0513. The molecule has 1 fully saturated rings. The number of ether oxygens (including phenoxy) is 1. The number of carbonyl (C=O) groups is 1. The molecule has 0 aliphatic carbocycles. The summed E-state index contributed by atoms with van der Waals surface area (Å²) < 4.78 is 5.16. The van der Waals surface area contributed by atoms with Crippen molar-refractivity contribution >= 4 is 17.5 Å². The normalized spacial score (nSPS) is 16.4. The van der Waals surface area contributed by atoms with E-state index in [2.05, 4.69) is 14.8 Å². The summed E-state index contributed by atoms with van der Waals surface area (Å²) in [6.07, 6.45) is 1.74. The molecule has 0 unspecified atom stereocenters. The summed E-state index contributed by atoms with van der Waals surface area (Å²) in [4.78, 5) is 20.1. The van der Waals surface area contributed by atoms with Gasteiger partial charge in [0, 0.05) is 26.2 Å². The van der Waals surface area contributed by atoms with Crippen molar-refractivity contribution in [1.29, 1.82) is 0 Å². The number of nitrogens with two attached hydrogens (primary N) is 1. The van der Waals surface area contributed by atoms with Gasteiger partial charge in [-0.25, -0.2) is 4.98 Å². The van der Waals surface area contributed by atoms with Gasteiger partial charge in [-0.3, -0.25) is 9.69 Å². The molecule has 1 aromatic rings. The third-order valence-corrected chi connectivity index (χ3v) is 3.23. The average Bonchev–Trinajstić information content (AvgIpc) is 2.39. The second-order valence-electron chi connectivity index (χ2n) is 5.24. The van der Waals surface area contributed by atoms with Gasteiger partial charge in [0.2, 0.25) is 0 Å². The molecule has 20 heavy (non-hydrogen) atoms. The Morgan fingerprint density at radius 3 is 2.60 bits per heavy atom. The number of esters is 1. The molecule has 1 aromatic heterocycles. The molecule has 0 radical (unpaired) electrons. The first kappa shape index (κ1) is 14.6. The van der Waals surface area contributed by atoms with Crippen LogP contribution in [0.25, 0.3) is 0 Å². The highest BCUT2D eigenvalue weighted by Gasteiger charge is 2.20. The van der Waals surface area contributed by atoms with E-state index in [4.69, 9.17) is 10.5 Å². The quantitative estimate of drug-likeness (QED) is 0.819. The number of hydrogen-bond donors (Lipinski definition) is 1. The molecule has 2 N–H and O–H groups in total. The van der Waals surface area contributed by atoms with Gasteiger partial charge in [0.05, 0.1) is 24.5 Å². The fourth-order valence-corrected chi connectivity index (χ4v) is 2.23. The lowest BCUT2D eigenvalue weighted by molar-refractivity contribution is -0.148. The highest BCUT2D eigenvalue weighted by atomic mass is 16.5. The highest BCUT2D eigenvalue weighted by Crippen LogP contribution is 2.16. The maximum atomic E-state index is 11.6. The summed E-state index contributed by atoms with van der Waals surface area (Å²) in [6, 6.07) is 3.78. The first-order chi connectivity index (χ1) is 9.54. The Morgan fingerprint density at radius 1 is 1.35 bits per heavy atom. The number of hydrogen-bond acceptors (Lipinski definition) is 6. The molecule has 1 saturated heterocycles. The van der Waals surface area contributed by atoms with E-state index in [1.807, 2.05) is 26.0 Å². The van der Waals surface area contributed by atoms with E-state index in [0.29, 0.717) is 12.4 Å². The van der Waals surface area contributed by atoms with Crippen LogP contribution in [-0.2, 0) is 9.53 Å². The molecule has 0 amide bonds. The zero-order valence-electron chi connectivity index (χ0n) is 12.1. The molecule has 0 atom stereocenters. The lowest BCUT2D eigenvalue weighted by Crippen LogP contribution is -2.48. The molecular weight excluding hydrogens is 256 g/mol. The van der Waals surface area contributed by atoms with Gasteiger partial charge >= 0.3 is 5.97 Å². The smallest absolute Gasteiger partial charge is 0.320 e. The topological polar surface area (TPSA) is 71.7 Å². The Bertz CT molecular complexity index is 439. The standard InChI is InChI=1S/C14H22N4O2/c1-11(2)20-14(19)10-17-5-7-18(8-6-17)12-3-4-13(15)16-9-12/h3-4,9,11H,5-8,10H2,1-2H3,(H2,15,16). The fourth-order valence-electron chi connectivity index (χ4n) is 2.23. The molecule has 0 saturated carbocycles. The second-order valence-corrected chi connectivity index (χ2v) is 5.24. The lowest BCUT2D eigenvalue weighted by Gasteiger charge is -2.35. The van der Waals surface area contributed by atoms with Crippen molar-refractivity contribution in [3.05, 3.63) is 18.3 Å². The monoisotopic (exact) mass is 278 g/mol. The van der Waals surface area contributed by atoms with Crippen LogP contribution in [0.4, 0.5) is 11.5 Å². The van der Waals surface area contributed by atoms with Gasteiger partial charge in [-0.2, -0.15) is 0 Å². The number of aromatic nitrogens is 1. The van der Waals surface area contributed by atoms with Crippen LogP contribution in [0.1, 0.15) is 13.8 Å². The number of rotatable bonds is 4. The van der Waals surface area contributed by atoms with Crippen LogP contribution in [0.2, 0.25) is 0 Å². The highest BCUT2D eigenvalue weighted by molar-refractivity contribution is 5.71. The predicted molar refractivity (Wildman–Crippen MR) is 78.5 cm³/mol. The van der Waals surface area contributed by atoms with Gasteiger partial charge in [-0.15, -0.1) is 0 Å². The van der Waals surface area contributed by atoms with E-state index in [9.17, 15) is 4.79 Å². The van der Waals surface area contributed by atoms with Crippen molar-refractivity contribution in [3.8, 4) is 0 Å². The zero-order chi connectivity index (χ0) is 14.5. The maximum Gasteiger partial charge on any atom is 0.320 e. The van der Waals surface area contributed by atoms with Crippen LogP contribution < -0.4 is 10.6 Å². The van der Waals surface area contributed by atoms with Crippen molar-refractivity contribution in [1.82, 2.24) is 9.88 Å². The minimum atomic E-state index is -0.150. The molecule has 6 heteroatoms. The molecule has 6 nitrogen and oxygen atoms in total. The van der Waals surface area contributed by atoms with E-state index >= 15 is 0 Å². The Labute approximate surface area is 119 Å². The Hall–Kier alpha value is -1.82. The van der Waals surface area contributed by atoms with Crippen molar-refractivity contribution in [3.63, 3.8) is 0 Å². The van der Waals surface area contributed by atoms with Crippen LogP contribution in [0.3, 0.4) is 0 Å². The van der Waals surface area contributed by atoms with E-state index in [-0.39, 0.29) is 12.1 Å². The van der Waals surface area contributed by atoms with E-state index in [1.165, 1.54) is 0 Å². The third-order valence-electron chi connectivity index (χ3n) is 3.23. The molecule has 0 bridgehead atoms. The van der Waals surface area contributed by atoms with Crippen LogP contribution in [0.5, 0.6) is 0 Å². The summed E-state index contributed by atoms with van der Waals surface area (Å²) in [5.74, 6) is 0.381. The number of nitrogen functional groups attached to an aromatic ring is 1. The summed E-state index contributed by atoms with van der Waals surface area (Å²) in [5.41, 5.74) is 6.66. The molecule has 2 heterocycles. The summed E-state index contributed by atoms with van der Waals surface area (Å²) in [7, 11) is 0. The molecule has 0 aromatic carbocycles. The number of carbonyl (C=O) groups excluding carboxylic acids is 1. The molecule has 2 rings (SSSR count). The summed E-state index contributed by atoms with van der Waals surface area (Å²) >= 11 is 0. The largest absolute Gasteiger partial charge is 0.462 e. The molecule has 1 aliphatic rings. The molecule has 0 spiro atoms. The maximum absolute atomic E-state index is 11.6. The average molecular weight is 278 g/mol. The first-order valence-corrected chi connectivity index (χ1v) is 6.93. The Balaban J connectivity index is 1.80. The minimum Gasteiger partial charge on any atom is -0.462 e. The summed E-state index contributed by atoms with van der Waals surface area (Å²) in [5, 5.41) is 0. The zero-order valence-corrected chi connectivity index (χ0v) is 12.1. The summed E-state index contributed by atoms with van der Waals surface area (Å²) in [6.45, 7) is 7.54. The van der Waals surface area contributed by atoms with Crippen molar-refractivity contribution in [2.75, 3.05) is 43.4 Å². The lowest BCUT2D eigenvalue weighted by atomic mass is 10.2. The van der Waals surface area contributed by atoms with Gasteiger partial charge < -0.3 is 15.4 Å². The van der Waals surface area contributed by atoms with Crippen LogP contribution in [-0.4, -0.2) is 54.7 Å². The molecular formula is C14H22N4O2. The predicted octanol–water partition coefficient (Wildman–Crippen LogP) is 0.737. The number of pyridine rings is 1. The van der Waals surface area contributed by atoms with Crippen LogP contribution in [0, 0.1) is 0 Å². The van der Waals surface area contributed by atoms with Crippen molar-refractivity contribution in [2.24, 2.45) is 0 Å². The van der Waals surface area contributed by atoms with E-state index < -0.39 is 0 Å². The van der Waals surface area contributed by atoms with E-state index in [0.717, 1.165) is 31.9 Å². The van der Waals surface area contributed by atoms with Gasteiger partial charge in [-0.1, -0.05) is 0 Å². The van der Waals surface area contributed by atoms with Gasteiger partial charge in [0.15, 0.2) is 0 Å².